The van der Waals surface area contributed by atoms with Gasteiger partial charge in [-0.15, -0.1) is 0 Å². The molecule has 0 radical (unpaired) electrons. The summed E-state index contributed by atoms with van der Waals surface area (Å²) in [5, 5.41) is 15.7. The molecule has 0 bridgehead atoms. The number of nitrogens with zero attached hydrogens (tertiary/aromatic N) is 1. The Labute approximate surface area is 202 Å². The summed E-state index contributed by atoms with van der Waals surface area (Å²) in [6.07, 6.45) is 4.02. The number of phenols is 1. The molecular weight excluding hydrogens is 432 g/mol. The van der Waals surface area contributed by atoms with Gasteiger partial charge in [0.25, 0.3) is 5.91 Å². The predicted octanol–water partition coefficient (Wildman–Crippen LogP) is 2.55. The topological polar surface area (TPSA) is 52.3 Å². The smallest absolute Gasteiger partial charge is 0.286 e. The highest BCUT2D eigenvalue weighted by molar-refractivity contribution is 6.07. The van der Waals surface area contributed by atoms with Crippen LogP contribution in [0, 0.1) is 0 Å². The third kappa shape index (κ3) is 4.81. The van der Waals surface area contributed by atoms with E-state index in [1.54, 1.807) is 6.07 Å². The van der Waals surface area contributed by atoms with Crippen LogP contribution in [-0.4, -0.2) is 33.4 Å². The first kappa shape index (κ1) is 24.5. The fourth-order valence-electron chi connectivity index (χ4n) is 4.53. The SMILES string of the molecule is CC(C)(C)NC(=O)C[N+]1=C(/C=C/c2c(O)ccc3ccccc23)C(C)(C)c2ccccc21.[Cl-]. The minimum Gasteiger partial charge on any atom is -1.00 e. The summed E-state index contributed by atoms with van der Waals surface area (Å²) >= 11 is 0. The lowest BCUT2D eigenvalue weighted by molar-refractivity contribution is -0.425. The van der Waals surface area contributed by atoms with Crippen LogP contribution in [0.25, 0.3) is 16.8 Å². The zero-order valence-corrected chi connectivity index (χ0v) is 20.6. The van der Waals surface area contributed by atoms with Gasteiger partial charge < -0.3 is 22.8 Å². The molecule has 4 rings (SSSR count). The second-order valence-electron chi connectivity index (χ2n) is 9.96. The average Bonchev–Trinajstić information content (AvgIpc) is 2.93. The molecule has 3 aromatic carbocycles. The quantitative estimate of drug-likeness (QED) is 0.585. The van der Waals surface area contributed by atoms with E-state index in [1.807, 2.05) is 75.4 Å². The van der Waals surface area contributed by atoms with E-state index in [9.17, 15) is 9.90 Å². The maximum atomic E-state index is 12.9. The van der Waals surface area contributed by atoms with Gasteiger partial charge in [-0.25, -0.2) is 0 Å². The van der Waals surface area contributed by atoms with Crippen molar-refractivity contribution in [3.05, 3.63) is 77.9 Å². The van der Waals surface area contributed by atoms with Gasteiger partial charge in [-0.1, -0.05) is 48.5 Å². The molecule has 0 unspecified atom stereocenters. The lowest BCUT2D eigenvalue weighted by Gasteiger charge is -2.19. The van der Waals surface area contributed by atoms with Crippen molar-refractivity contribution in [3.8, 4) is 5.75 Å². The summed E-state index contributed by atoms with van der Waals surface area (Å²) in [5.74, 6) is 0.217. The van der Waals surface area contributed by atoms with Crippen molar-refractivity contribution in [1.29, 1.82) is 0 Å². The number of fused-ring (bicyclic) bond motifs is 2. The molecule has 0 saturated carbocycles. The molecule has 3 aromatic rings. The van der Waals surface area contributed by atoms with Gasteiger partial charge >= 0.3 is 0 Å². The Kier molecular flexibility index (Phi) is 6.71. The van der Waals surface area contributed by atoms with Crippen molar-refractivity contribution >= 4 is 34.2 Å². The first-order valence-corrected chi connectivity index (χ1v) is 11.0. The Balaban J connectivity index is 0.00000306. The Bertz CT molecular complexity index is 1270. The number of rotatable bonds is 4. The van der Waals surface area contributed by atoms with Gasteiger partial charge in [0.1, 0.15) is 5.75 Å². The van der Waals surface area contributed by atoms with Gasteiger partial charge in [0.05, 0.1) is 5.41 Å². The van der Waals surface area contributed by atoms with Crippen LogP contribution in [0.5, 0.6) is 5.75 Å². The molecule has 0 fully saturated rings. The Morgan fingerprint density at radius 3 is 2.39 bits per heavy atom. The number of amides is 1. The number of aromatic hydroxyl groups is 1. The predicted molar refractivity (Wildman–Crippen MR) is 132 cm³/mol. The monoisotopic (exact) mass is 462 g/mol. The molecule has 0 spiro atoms. The van der Waals surface area contributed by atoms with E-state index in [2.05, 4.69) is 35.9 Å². The molecule has 1 heterocycles. The van der Waals surface area contributed by atoms with Gasteiger partial charge in [0, 0.05) is 28.8 Å². The molecule has 0 saturated heterocycles. The van der Waals surface area contributed by atoms with Crippen LogP contribution in [0.3, 0.4) is 0 Å². The van der Waals surface area contributed by atoms with Crippen molar-refractivity contribution in [2.24, 2.45) is 0 Å². The average molecular weight is 463 g/mol. The summed E-state index contributed by atoms with van der Waals surface area (Å²) in [6, 6.07) is 19.9. The van der Waals surface area contributed by atoms with E-state index in [0.717, 1.165) is 27.7 Å². The molecule has 1 aliphatic rings. The van der Waals surface area contributed by atoms with Crippen LogP contribution < -0.4 is 17.7 Å². The van der Waals surface area contributed by atoms with Gasteiger partial charge in [-0.05, 0) is 57.5 Å². The van der Waals surface area contributed by atoms with Gasteiger partial charge in [-0.2, -0.15) is 4.58 Å². The molecule has 1 aliphatic heterocycles. The van der Waals surface area contributed by atoms with Crippen LogP contribution in [0.4, 0.5) is 5.69 Å². The van der Waals surface area contributed by atoms with Crippen LogP contribution in [0.1, 0.15) is 45.7 Å². The second-order valence-corrected chi connectivity index (χ2v) is 9.96. The van der Waals surface area contributed by atoms with Crippen LogP contribution in [-0.2, 0) is 10.2 Å². The summed E-state index contributed by atoms with van der Waals surface area (Å²) in [4.78, 5) is 12.9. The van der Waals surface area contributed by atoms with Crippen molar-refractivity contribution in [2.75, 3.05) is 6.54 Å². The first-order chi connectivity index (χ1) is 15.1. The lowest BCUT2D eigenvalue weighted by Crippen LogP contribution is -3.00. The molecule has 5 heteroatoms. The molecule has 1 amide bonds. The molecule has 0 aliphatic carbocycles. The van der Waals surface area contributed by atoms with E-state index < -0.39 is 0 Å². The highest BCUT2D eigenvalue weighted by atomic mass is 35.5. The Morgan fingerprint density at radius 2 is 1.67 bits per heavy atom. The zero-order chi connectivity index (χ0) is 23.1. The molecule has 0 atom stereocenters. The normalized spacial score (nSPS) is 14.9. The summed E-state index contributed by atoms with van der Waals surface area (Å²) in [6.45, 7) is 10.5. The third-order valence-electron chi connectivity index (χ3n) is 5.97. The summed E-state index contributed by atoms with van der Waals surface area (Å²) in [7, 11) is 0. The lowest BCUT2D eigenvalue weighted by atomic mass is 9.81. The minimum absolute atomic E-state index is 0. The fraction of sp³-hybridized carbons (Fsp3) is 0.286. The molecule has 0 aromatic heterocycles. The van der Waals surface area contributed by atoms with E-state index >= 15 is 0 Å². The van der Waals surface area contributed by atoms with Crippen LogP contribution in [0.15, 0.2) is 66.7 Å². The number of nitrogens with one attached hydrogen (secondary N) is 1. The minimum atomic E-state index is -0.295. The van der Waals surface area contributed by atoms with Gasteiger partial charge in [0.15, 0.2) is 5.71 Å². The molecular formula is C28H31ClN2O2. The van der Waals surface area contributed by atoms with Gasteiger partial charge in [-0.3, -0.25) is 4.79 Å². The molecule has 2 N–H and O–H groups in total. The van der Waals surface area contributed by atoms with Crippen molar-refractivity contribution < 1.29 is 26.9 Å². The van der Waals surface area contributed by atoms with Crippen molar-refractivity contribution in [1.82, 2.24) is 5.32 Å². The van der Waals surface area contributed by atoms with E-state index in [0.29, 0.717) is 0 Å². The Morgan fingerprint density at radius 1 is 1.00 bits per heavy atom. The van der Waals surface area contributed by atoms with Crippen molar-refractivity contribution in [3.63, 3.8) is 0 Å². The Hall–Kier alpha value is -3.11. The highest BCUT2D eigenvalue weighted by Gasteiger charge is 2.44. The third-order valence-corrected chi connectivity index (χ3v) is 5.97. The number of benzene rings is 3. The standard InChI is InChI=1S/C28H30N2O2.ClH/c1-27(2,3)29-26(32)18-30-23-13-9-8-12-22(23)28(4,5)25(30)17-15-21-20-11-7-6-10-19(20)14-16-24(21)31;/h6-17H,18H2,1-5H3,(H,29,32);1H. The number of halogens is 1. The number of allylic oxidation sites excluding steroid dienone is 1. The number of carbonyl (C=O) groups excluding carboxylic acids is 1. The van der Waals surface area contributed by atoms with Crippen LogP contribution in [0.2, 0.25) is 0 Å². The number of para-hydroxylation sites is 1. The fourth-order valence-corrected chi connectivity index (χ4v) is 4.53. The maximum absolute atomic E-state index is 12.9. The highest BCUT2D eigenvalue weighted by Crippen LogP contribution is 2.40. The zero-order valence-electron chi connectivity index (χ0n) is 19.8. The number of phenolic OH excluding ortho intramolecular Hbond substituents is 1. The van der Waals surface area contributed by atoms with E-state index in [1.165, 1.54) is 5.56 Å². The number of hydrogen-bond acceptors (Lipinski definition) is 2. The summed E-state index contributed by atoms with van der Waals surface area (Å²) in [5.41, 5.74) is 3.46. The first-order valence-electron chi connectivity index (χ1n) is 11.0. The largest absolute Gasteiger partial charge is 1.00 e. The second kappa shape index (κ2) is 9.03. The van der Waals surface area contributed by atoms with Crippen LogP contribution >= 0.6 is 0 Å². The van der Waals surface area contributed by atoms with Gasteiger partial charge in [0.2, 0.25) is 12.2 Å². The van der Waals surface area contributed by atoms with E-state index in [-0.39, 0.29) is 41.6 Å². The molecule has 172 valence electrons. The molecule has 4 nitrogen and oxygen atoms in total. The number of hydrogen-bond donors (Lipinski definition) is 2. The van der Waals surface area contributed by atoms with E-state index in [4.69, 9.17) is 0 Å². The molecule has 33 heavy (non-hydrogen) atoms. The van der Waals surface area contributed by atoms with Crippen molar-refractivity contribution in [2.45, 2.75) is 45.6 Å². The summed E-state index contributed by atoms with van der Waals surface area (Å²) < 4.78 is 2.09. The maximum Gasteiger partial charge on any atom is 0.286 e. The number of carbonyl (C=O) groups is 1.